The number of rotatable bonds is 5. The maximum atomic E-state index is 12.2. The van der Waals surface area contributed by atoms with Crippen molar-refractivity contribution in [1.29, 1.82) is 0 Å². The van der Waals surface area contributed by atoms with Gasteiger partial charge in [-0.05, 0) is 18.1 Å². The minimum atomic E-state index is 0.0321. The number of aryl methyl sites for hydroxylation is 1. The van der Waals surface area contributed by atoms with E-state index < -0.39 is 0 Å². The molecule has 1 fully saturated rings. The van der Waals surface area contributed by atoms with Gasteiger partial charge in [0.05, 0.1) is 6.61 Å². The van der Waals surface area contributed by atoms with Crippen LogP contribution in [0.5, 0.6) is 0 Å². The normalized spacial score (nSPS) is 16.0. The lowest BCUT2D eigenvalue weighted by molar-refractivity contribution is 0.106. The topological polar surface area (TPSA) is 44.8 Å². The van der Waals surface area contributed by atoms with Gasteiger partial charge in [-0.25, -0.2) is 4.79 Å². The Bertz CT molecular complexity index is 457. The van der Waals surface area contributed by atoms with Gasteiger partial charge in [0.25, 0.3) is 0 Å². The van der Waals surface area contributed by atoms with E-state index in [1.807, 2.05) is 17.0 Å². The van der Waals surface area contributed by atoms with Crippen molar-refractivity contribution in [3.05, 3.63) is 35.4 Å². The van der Waals surface area contributed by atoms with Crippen LogP contribution in [0.2, 0.25) is 0 Å². The molecule has 1 heterocycles. The second kappa shape index (κ2) is 8.00. The second-order valence-corrected chi connectivity index (χ2v) is 5.41. The number of piperazine rings is 1. The van der Waals surface area contributed by atoms with E-state index in [9.17, 15) is 4.79 Å². The van der Waals surface area contributed by atoms with E-state index in [1.165, 1.54) is 11.1 Å². The van der Waals surface area contributed by atoms with E-state index in [0.717, 1.165) is 39.3 Å². The molecular formula is C16H25N3O2. The number of hydrogen-bond acceptors (Lipinski definition) is 3. The van der Waals surface area contributed by atoms with Crippen LogP contribution in [0.3, 0.4) is 0 Å². The van der Waals surface area contributed by atoms with E-state index in [-0.39, 0.29) is 6.03 Å². The molecule has 0 aliphatic carbocycles. The molecule has 0 aromatic heterocycles. The first-order valence-electron chi connectivity index (χ1n) is 7.49. The van der Waals surface area contributed by atoms with E-state index >= 15 is 0 Å². The predicted molar refractivity (Wildman–Crippen MR) is 83.3 cm³/mol. The Kier molecular flexibility index (Phi) is 6.02. The number of methoxy groups -OCH3 is 1. The number of ether oxygens (including phenoxy) is 1. The van der Waals surface area contributed by atoms with Crippen molar-refractivity contribution >= 4 is 6.03 Å². The van der Waals surface area contributed by atoms with Gasteiger partial charge in [0.1, 0.15) is 0 Å². The summed E-state index contributed by atoms with van der Waals surface area (Å²) in [6.45, 7) is 7.75. The average Bonchev–Trinajstić information content (AvgIpc) is 2.52. The summed E-state index contributed by atoms with van der Waals surface area (Å²) < 4.78 is 5.08. The SMILES string of the molecule is COCCN1CCN(C(=O)NCc2ccccc2C)CC1. The van der Waals surface area contributed by atoms with Crippen molar-refractivity contribution in [2.24, 2.45) is 0 Å². The largest absolute Gasteiger partial charge is 0.383 e. The molecule has 2 amide bonds. The third-order valence-electron chi connectivity index (χ3n) is 3.96. The van der Waals surface area contributed by atoms with Gasteiger partial charge < -0.3 is 15.0 Å². The van der Waals surface area contributed by atoms with Gasteiger partial charge in [0.15, 0.2) is 0 Å². The highest BCUT2D eigenvalue weighted by Gasteiger charge is 2.20. The molecule has 21 heavy (non-hydrogen) atoms. The Labute approximate surface area is 126 Å². The molecule has 5 heteroatoms. The summed E-state index contributed by atoms with van der Waals surface area (Å²) in [5.41, 5.74) is 2.38. The molecule has 5 nitrogen and oxygen atoms in total. The lowest BCUT2D eigenvalue weighted by atomic mass is 10.1. The standard InChI is InChI=1S/C16H25N3O2/c1-14-5-3-4-6-15(14)13-17-16(20)19-9-7-18(8-10-19)11-12-21-2/h3-6H,7-13H2,1-2H3,(H,17,20). The van der Waals surface area contributed by atoms with Crippen molar-refractivity contribution in [3.63, 3.8) is 0 Å². The van der Waals surface area contributed by atoms with Crippen LogP contribution in [0.25, 0.3) is 0 Å². The zero-order chi connectivity index (χ0) is 15.1. The van der Waals surface area contributed by atoms with Crippen molar-refractivity contribution in [2.75, 3.05) is 46.4 Å². The summed E-state index contributed by atoms with van der Waals surface area (Å²) in [6.07, 6.45) is 0. The zero-order valence-electron chi connectivity index (χ0n) is 13.0. The van der Waals surface area contributed by atoms with Crippen LogP contribution in [0.15, 0.2) is 24.3 Å². The molecule has 0 unspecified atom stereocenters. The van der Waals surface area contributed by atoms with Crippen LogP contribution >= 0.6 is 0 Å². The molecule has 0 spiro atoms. The van der Waals surface area contributed by atoms with Crippen LogP contribution in [0.4, 0.5) is 4.79 Å². The summed E-state index contributed by atoms with van der Waals surface area (Å²) >= 11 is 0. The molecule has 116 valence electrons. The van der Waals surface area contributed by atoms with Crippen molar-refractivity contribution in [3.8, 4) is 0 Å². The van der Waals surface area contributed by atoms with Crippen LogP contribution < -0.4 is 5.32 Å². The molecule has 1 N–H and O–H groups in total. The molecule has 1 saturated heterocycles. The smallest absolute Gasteiger partial charge is 0.317 e. The van der Waals surface area contributed by atoms with Crippen LogP contribution in [-0.2, 0) is 11.3 Å². The number of amides is 2. The maximum Gasteiger partial charge on any atom is 0.317 e. The summed E-state index contributed by atoms with van der Waals surface area (Å²) in [5.74, 6) is 0. The first-order chi connectivity index (χ1) is 10.2. The number of carbonyl (C=O) groups is 1. The van der Waals surface area contributed by atoms with E-state index in [4.69, 9.17) is 4.74 Å². The number of carbonyl (C=O) groups excluding carboxylic acids is 1. The predicted octanol–water partition coefficient (Wildman–Crippen LogP) is 1.47. The number of hydrogen-bond donors (Lipinski definition) is 1. The molecule has 1 aliphatic heterocycles. The van der Waals surface area contributed by atoms with Gasteiger partial charge in [0, 0.05) is 46.4 Å². The van der Waals surface area contributed by atoms with Crippen molar-refractivity contribution < 1.29 is 9.53 Å². The summed E-state index contributed by atoms with van der Waals surface area (Å²) in [7, 11) is 1.72. The molecule has 1 aliphatic rings. The van der Waals surface area contributed by atoms with Crippen LogP contribution in [-0.4, -0.2) is 62.3 Å². The Hall–Kier alpha value is -1.59. The first-order valence-corrected chi connectivity index (χ1v) is 7.49. The fraction of sp³-hybridized carbons (Fsp3) is 0.562. The fourth-order valence-electron chi connectivity index (χ4n) is 2.49. The van der Waals surface area contributed by atoms with Gasteiger partial charge in [-0.2, -0.15) is 0 Å². The number of urea groups is 1. The highest BCUT2D eigenvalue weighted by Crippen LogP contribution is 2.07. The van der Waals surface area contributed by atoms with E-state index in [0.29, 0.717) is 6.54 Å². The maximum absolute atomic E-state index is 12.2. The summed E-state index contributed by atoms with van der Waals surface area (Å²) in [5, 5.41) is 3.01. The third kappa shape index (κ3) is 4.72. The van der Waals surface area contributed by atoms with Gasteiger partial charge in [-0.3, -0.25) is 4.90 Å². The Morgan fingerprint density at radius 2 is 1.95 bits per heavy atom. The summed E-state index contributed by atoms with van der Waals surface area (Å²) in [6, 6.07) is 8.17. The highest BCUT2D eigenvalue weighted by molar-refractivity contribution is 5.74. The van der Waals surface area contributed by atoms with E-state index in [2.05, 4.69) is 29.3 Å². The Morgan fingerprint density at radius 3 is 2.62 bits per heavy atom. The second-order valence-electron chi connectivity index (χ2n) is 5.41. The van der Waals surface area contributed by atoms with Gasteiger partial charge in [0.2, 0.25) is 0 Å². The number of benzene rings is 1. The Morgan fingerprint density at radius 1 is 1.24 bits per heavy atom. The van der Waals surface area contributed by atoms with Crippen molar-refractivity contribution in [1.82, 2.24) is 15.1 Å². The molecule has 0 radical (unpaired) electrons. The molecule has 0 atom stereocenters. The van der Waals surface area contributed by atoms with Crippen LogP contribution in [0, 0.1) is 6.92 Å². The monoisotopic (exact) mass is 291 g/mol. The molecule has 2 rings (SSSR count). The zero-order valence-corrected chi connectivity index (χ0v) is 13.0. The van der Waals surface area contributed by atoms with Gasteiger partial charge in [-0.15, -0.1) is 0 Å². The minimum absolute atomic E-state index is 0.0321. The molecule has 1 aromatic carbocycles. The first kappa shape index (κ1) is 15.8. The lowest BCUT2D eigenvalue weighted by Gasteiger charge is -2.34. The number of nitrogens with zero attached hydrogens (tertiary/aromatic N) is 2. The molecule has 1 aromatic rings. The summed E-state index contributed by atoms with van der Waals surface area (Å²) in [4.78, 5) is 16.4. The van der Waals surface area contributed by atoms with Gasteiger partial charge >= 0.3 is 6.03 Å². The van der Waals surface area contributed by atoms with Gasteiger partial charge in [-0.1, -0.05) is 24.3 Å². The highest BCUT2D eigenvalue weighted by atomic mass is 16.5. The third-order valence-corrected chi connectivity index (χ3v) is 3.96. The average molecular weight is 291 g/mol. The van der Waals surface area contributed by atoms with Crippen molar-refractivity contribution in [2.45, 2.75) is 13.5 Å². The minimum Gasteiger partial charge on any atom is -0.383 e. The van der Waals surface area contributed by atoms with E-state index in [1.54, 1.807) is 7.11 Å². The molecule has 0 saturated carbocycles. The molecular weight excluding hydrogens is 266 g/mol. The lowest BCUT2D eigenvalue weighted by Crippen LogP contribution is -2.52. The quantitative estimate of drug-likeness (QED) is 0.893. The van der Waals surface area contributed by atoms with Crippen LogP contribution in [0.1, 0.15) is 11.1 Å². The Balaban J connectivity index is 1.74. The number of nitrogens with one attached hydrogen (secondary N) is 1. The fourth-order valence-corrected chi connectivity index (χ4v) is 2.49. The molecule has 0 bridgehead atoms.